The second-order valence-corrected chi connectivity index (χ2v) is 12.0. The van der Waals surface area contributed by atoms with Crippen molar-refractivity contribution in [3.8, 4) is 44.5 Å². The highest BCUT2D eigenvalue weighted by Gasteiger charge is 2.16. The van der Waals surface area contributed by atoms with Crippen LogP contribution in [0, 0.1) is 11.6 Å². The molecule has 0 aromatic heterocycles. The van der Waals surface area contributed by atoms with E-state index in [0.717, 1.165) is 66.8 Å². The molecule has 0 unspecified atom stereocenters. The monoisotopic (exact) mass is 635 g/mol. The fraction of sp³-hybridized carbons (Fsp3) is 0. The molecule has 0 aliphatic carbocycles. The zero-order chi connectivity index (χ0) is 33.2. The van der Waals surface area contributed by atoms with E-state index in [4.69, 9.17) is 0 Å². The molecule has 3 heteroatoms. The quantitative estimate of drug-likeness (QED) is 0.168. The molecular formula is C46H31F2N. The van der Waals surface area contributed by atoms with Crippen molar-refractivity contribution >= 4 is 27.8 Å². The molecule has 0 aliphatic rings. The van der Waals surface area contributed by atoms with Crippen LogP contribution in [-0.2, 0) is 0 Å². The Balaban J connectivity index is 1.21. The number of benzene rings is 8. The van der Waals surface area contributed by atoms with Gasteiger partial charge in [0.05, 0.1) is 0 Å². The van der Waals surface area contributed by atoms with Gasteiger partial charge in [-0.15, -0.1) is 0 Å². The van der Waals surface area contributed by atoms with Crippen molar-refractivity contribution in [2.75, 3.05) is 4.90 Å². The van der Waals surface area contributed by atoms with Crippen LogP contribution in [0.25, 0.3) is 55.3 Å². The standard InChI is InChI=1S/C46H31F2N/c47-38-24-16-35(17-25-38)43-13-6-10-37-11-7-14-44(46(37)43)36-22-30-41(31-23-36)49(39-26-18-33(19-27-39)32-8-2-1-3-9-32)40-28-20-34(21-29-40)42-12-4-5-15-45(42)48/h1-31H. The molecule has 0 bridgehead atoms. The molecule has 8 aromatic carbocycles. The molecule has 0 atom stereocenters. The molecule has 0 heterocycles. The van der Waals surface area contributed by atoms with Crippen molar-refractivity contribution in [3.63, 3.8) is 0 Å². The zero-order valence-electron chi connectivity index (χ0n) is 26.6. The van der Waals surface area contributed by atoms with Crippen molar-refractivity contribution in [3.05, 3.63) is 200 Å². The predicted molar refractivity (Wildman–Crippen MR) is 200 cm³/mol. The maximum absolute atomic E-state index is 14.6. The Morgan fingerprint density at radius 1 is 0.306 bits per heavy atom. The number of hydrogen-bond donors (Lipinski definition) is 0. The van der Waals surface area contributed by atoms with Crippen LogP contribution in [0.3, 0.4) is 0 Å². The van der Waals surface area contributed by atoms with Crippen LogP contribution in [0.4, 0.5) is 25.8 Å². The highest BCUT2D eigenvalue weighted by Crippen LogP contribution is 2.40. The SMILES string of the molecule is Fc1ccc(-c2cccc3cccc(-c4ccc(N(c5ccc(-c6ccccc6)cc5)c5ccc(-c6ccccc6F)cc5)cc4)c23)cc1. The Kier molecular flexibility index (Phi) is 8.01. The van der Waals surface area contributed by atoms with Crippen molar-refractivity contribution in [1.29, 1.82) is 0 Å². The van der Waals surface area contributed by atoms with Crippen LogP contribution < -0.4 is 4.90 Å². The first-order chi connectivity index (χ1) is 24.1. The largest absolute Gasteiger partial charge is 0.311 e. The number of fused-ring (bicyclic) bond motifs is 1. The fourth-order valence-corrected chi connectivity index (χ4v) is 6.61. The topological polar surface area (TPSA) is 3.24 Å². The molecule has 0 amide bonds. The maximum atomic E-state index is 14.6. The molecule has 0 N–H and O–H groups in total. The summed E-state index contributed by atoms with van der Waals surface area (Å²) in [5, 5.41) is 2.25. The number of nitrogens with zero attached hydrogens (tertiary/aromatic N) is 1. The van der Waals surface area contributed by atoms with E-state index in [1.807, 2.05) is 66.7 Å². The Morgan fingerprint density at radius 2 is 0.714 bits per heavy atom. The predicted octanol–water partition coefficient (Wildman–Crippen LogP) is 13.3. The van der Waals surface area contributed by atoms with Gasteiger partial charge in [-0.1, -0.05) is 133 Å². The second kappa shape index (κ2) is 13.1. The molecule has 0 saturated heterocycles. The van der Waals surface area contributed by atoms with Crippen molar-refractivity contribution in [1.82, 2.24) is 0 Å². The van der Waals surface area contributed by atoms with Crippen LogP contribution in [0.1, 0.15) is 0 Å². The summed E-state index contributed by atoms with van der Waals surface area (Å²) < 4.78 is 28.4. The first kappa shape index (κ1) is 30.0. The lowest BCUT2D eigenvalue weighted by Gasteiger charge is -2.26. The summed E-state index contributed by atoms with van der Waals surface area (Å²) in [5.41, 5.74) is 10.9. The minimum Gasteiger partial charge on any atom is -0.311 e. The van der Waals surface area contributed by atoms with Gasteiger partial charge < -0.3 is 4.90 Å². The first-order valence-corrected chi connectivity index (χ1v) is 16.3. The molecule has 8 rings (SSSR count). The van der Waals surface area contributed by atoms with E-state index in [0.29, 0.717) is 5.56 Å². The average molecular weight is 636 g/mol. The summed E-state index contributed by atoms with van der Waals surface area (Å²) >= 11 is 0. The van der Waals surface area contributed by atoms with Gasteiger partial charge in [-0.2, -0.15) is 0 Å². The van der Waals surface area contributed by atoms with E-state index < -0.39 is 0 Å². The lowest BCUT2D eigenvalue weighted by molar-refractivity contribution is 0.628. The maximum Gasteiger partial charge on any atom is 0.131 e. The number of rotatable bonds is 7. The van der Waals surface area contributed by atoms with Gasteiger partial charge in [0.2, 0.25) is 0 Å². The molecule has 234 valence electrons. The van der Waals surface area contributed by atoms with Crippen LogP contribution >= 0.6 is 0 Å². The number of anilines is 3. The molecule has 0 spiro atoms. The molecule has 0 saturated carbocycles. The highest BCUT2D eigenvalue weighted by atomic mass is 19.1. The molecule has 49 heavy (non-hydrogen) atoms. The Morgan fingerprint density at radius 3 is 1.24 bits per heavy atom. The van der Waals surface area contributed by atoms with Gasteiger partial charge in [0, 0.05) is 22.6 Å². The molecule has 1 nitrogen and oxygen atoms in total. The lowest BCUT2D eigenvalue weighted by Crippen LogP contribution is -2.09. The van der Waals surface area contributed by atoms with E-state index in [9.17, 15) is 8.78 Å². The van der Waals surface area contributed by atoms with Gasteiger partial charge in [0.1, 0.15) is 11.6 Å². The van der Waals surface area contributed by atoms with Crippen LogP contribution in [0.15, 0.2) is 188 Å². The first-order valence-electron chi connectivity index (χ1n) is 16.3. The van der Waals surface area contributed by atoms with E-state index in [1.165, 1.54) is 18.2 Å². The van der Waals surface area contributed by atoms with Gasteiger partial charge in [0.25, 0.3) is 0 Å². The Hall–Kier alpha value is -6.32. The molecular weight excluding hydrogens is 605 g/mol. The van der Waals surface area contributed by atoms with Gasteiger partial charge in [0.15, 0.2) is 0 Å². The lowest BCUT2D eigenvalue weighted by atomic mass is 9.91. The molecule has 8 aromatic rings. The summed E-state index contributed by atoms with van der Waals surface area (Å²) in [6.07, 6.45) is 0. The van der Waals surface area contributed by atoms with E-state index >= 15 is 0 Å². The van der Waals surface area contributed by atoms with Gasteiger partial charge >= 0.3 is 0 Å². The van der Waals surface area contributed by atoms with Crippen LogP contribution in [-0.4, -0.2) is 0 Å². The third-order valence-electron chi connectivity index (χ3n) is 9.04. The summed E-state index contributed by atoms with van der Waals surface area (Å²) in [4.78, 5) is 2.22. The van der Waals surface area contributed by atoms with Crippen molar-refractivity contribution < 1.29 is 8.78 Å². The summed E-state index contributed by atoms with van der Waals surface area (Å²) in [7, 11) is 0. The third kappa shape index (κ3) is 5.99. The zero-order valence-corrected chi connectivity index (χ0v) is 26.6. The molecule has 0 aliphatic heterocycles. The normalized spacial score (nSPS) is 11.1. The number of halogens is 2. The van der Waals surface area contributed by atoms with Gasteiger partial charge in [-0.25, -0.2) is 8.78 Å². The summed E-state index contributed by atoms with van der Waals surface area (Å²) in [6.45, 7) is 0. The highest BCUT2D eigenvalue weighted by molar-refractivity contribution is 6.06. The molecule has 0 fully saturated rings. The van der Waals surface area contributed by atoms with Crippen molar-refractivity contribution in [2.45, 2.75) is 0 Å². The Bertz CT molecular complexity index is 2360. The van der Waals surface area contributed by atoms with Crippen LogP contribution in [0.5, 0.6) is 0 Å². The van der Waals surface area contributed by atoms with E-state index in [-0.39, 0.29) is 11.6 Å². The molecule has 0 radical (unpaired) electrons. The summed E-state index contributed by atoms with van der Waals surface area (Å²) in [6, 6.07) is 61.7. The minimum atomic E-state index is -0.249. The third-order valence-corrected chi connectivity index (χ3v) is 9.04. The van der Waals surface area contributed by atoms with Gasteiger partial charge in [-0.05, 0) is 104 Å². The van der Waals surface area contributed by atoms with E-state index in [2.05, 4.69) is 95.9 Å². The van der Waals surface area contributed by atoms with Crippen molar-refractivity contribution in [2.24, 2.45) is 0 Å². The fourth-order valence-electron chi connectivity index (χ4n) is 6.61. The summed E-state index contributed by atoms with van der Waals surface area (Å²) in [5.74, 6) is -0.490. The second-order valence-electron chi connectivity index (χ2n) is 12.0. The van der Waals surface area contributed by atoms with Crippen LogP contribution in [0.2, 0.25) is 0 Å². The Labute approximate surface area is 285 Å². The number of hydrogen-bond acceptors (Lipinski definition) is 1. The van der Waals surface area contributed by atoms with E-state index in [1.54, 1.807) is 12.1 Å². The minimum absolute atomic E-state index is 0.241. The smallest absolute Gasteiger partial charge is 0.131 e. The average Bonchev–Trinajstić information content (AvgIpc) is 3.16. The van der Waals surface area contributed by atoms with Gasteiger partial charge in [-0.3, -0.25) is 0 Å².